The second-order valence-corrected chi connectivity index (χ2v) is 6.58. The number of imidazole rings is 1. The summed E-state index contributed by atoms with van der Waals surface area (Å²) in [5.74, 6) is 3.69. The van der Waals surface area contributed by atoms with E-state index in [-0.39, 0.29) is 0 Å². The minimum Gasteiger partial charge on any atom is -0.342 e. The maximum atomic E-state index is 4.92. The number of para-hydroxylation sites is 2. The predicted octanol–water partition coefficient (Wildman–Crippen LogP) is 3.31. The van der Waals surface area contributed by atoms with Crippen LogP contribution in [0.1, 0.15) is 25.3 Å². The van der Waals surface area contributed by atoms with E-state index in [2.05, 4.69) is 33.7 Å². The van der Waals surface area contributed by atoms with Gasteiger partial charge in [-0.25, -0.2) is 4.98 Å². The normalized spacial score (nSPS) is 20.7. The molecule has 0 atom stereocenters. The molecule has 1 aromatic heterocycles. The van der Waals surface area contributed by atoms with Gasteiger partial charge in [0.15, 0.2) is 0 Å². The smallest absolute Gasteiger partial charge is 0.206 e. The molecule has 0 amide bonds. The van der Waals surface area contributed by atoms with Gasteiger partial charge in [0.1, 0.15) is 0 Å². The summed E-state index contributed by atoms with van der Waals surface area (Å²) in [4.78, 5) is 7.41. The fourth-order valence-electron chi connectivity index (χ4n) is 3.08. The first kappa shape index (κ1) is 11.6. The molecule has 2 aromatic rings. The zero-order valence-electron chi connectivity index (χ0n) is 11.1. The number of fused-ring (bicyclic) bond motifs is 1. The molecule has 0 unspecified atom stereocenters. The zero-order valence-corrected chi connectivity index (χ0v) is 11.9. The highest BCUT2D eigenvalue weighted by Gasteiger charge is 2.27. The van der Waals surface area contributed by atoms with Crippen molar-refractivity contribution in [3.8, 4) is 0 Å². The summed E-state index contributed by atoms with van der Waals surface area (Å²) in [6.45, 7) is 2.34. The molecule has 3 heterocycles. The molecule has 4 rings (SSSR count). The van der Waals surface area contributed by atoms with E-state index in [0.29, 0.717) is 6.04 Å². The molecular weight excluding hydrogens is 254 g/mol. The third kappa shape index (κ3) is 1.93. The van der Waals surface area contributed by atoms with Crippen molar-refractivity contribution in [2.45, 2.75) is 25.3 Å². The van der Waals surface area contributed by atoms with Crippen molar-refractivity contribution in [3.05, 3.63) is 24.3 Å². The van der Waals surface area contributed by atoms with Crippen molar-refractivity contribution in [3.63, 3.8) is 0 Å². The summed E-state index contributed by atoms with van der Waals surface area (Å²) in [5.41, 5.74) is 2.47. The van der Waals surface area contributed by atoms with Gasteiger partial charge in [-0.3, -0.25) is 0 Å². The molecule has 0 spiro atoms. The van der Waals surface area contributed by atoms with Crippen LogP contribution in [0.3, 0.4) is 0 Å². The maximum Gasteiger partial charge on any atom is 0.206 e. The van der Waals surface area contributed by atoms with Gasteiger partial charge in [-0.15, -0.1) is 0 Å². The van der Waals surface area contributed by atoms with E-state index in [0.717, 1.165) is 5.52 Å². The summed E-state index contributed by atoms with van der Waals surface area (Å²) in [5, 5.41) is 0. The van der Waals surface area contributed by atoms with Crippen LogP contribution in [0.5, 0.6) is 0 Å². The Bertz CT molecular complexity index is 582. The number of anilines is 1. The van der Waals surface area contributed by atoms with E-state index in [9.17, 15) is 0 Å². The fraction of sp³-hybridized carbons (Fsp3) is 0.533. The number of thioether (sulfide) groups is 1. The minimum absolute atomic E-state index is 0.648. The van der Waals surface area contributed by atoms with Crippen LogP contribution in [0.2, 0.25) is 0 Å². The number of hydrogen-bond donors (Lipinski definition) is 0. The zero-order chi connectivity index (χ0) is 12.7. The molecule has 0 saturated carbocycles. The van der Waals surface area contributed by atoms with Crippen molar-refractivity contribution in [1.82, 2.24) is 9.55 Å². The van der Waals surface area contributed by atoms with E-state index in [1.165, 1.54) is 55.3 Å². The van der Waals surface area contributed by atoms with Crippen LogP contribution in [-0.4, -0.2) is 34.1 Å². The molecule has 2 aliphatic heterocycles. The lowest BCUT2D eigenvalue weighted by atomic mass is 10.1. The first-order chi connectivity index (χ1) is 9.43. The van der Waals surface area contributed by atoms with Crippen LogP contribution in [0.25, 0.3) is 11.0 Å². The lowest BCUT2D eigenvalue weighted by Crippen LogP contribution is -2.34. The van der Waals surface area contributed by atoms with Crippen molar-refractivity contribution in [2.24, 2.45) is 0 Å². The summed E-state index contributed by atoms with van der Waals surface area (Å²) < 4.78 is 2.50. The van der Waals surface area contributed by atoms with Crippen molar-refractivity contribution in [2.75, 3.05) is 29.5 Å². The first-order valence-corrected chi connectivity index (χ1v) is 8.38. The van der Waals surface area contributed by atoms with Gasteiger partial charge in [0, 0.05) is 24.6 Å². The average molecular weight is 273 g/mol. The first-order valence-electron chi connectivity index (χ1n) is 7.23. The Morgan fingerprint density at radius 2 is 1.84 bits per heavy atom. The molecule has 2 aliphatic rings. The summed E-state index contributed by atoms with van der Waals surface area (Å²) >= 11 is 2.04. The molecule has 1 aromatic carbocycles. The Hall–Kier alpha value is -1.16. The summed E-state index contributed by atoms with van der Waals surface area (Å²) in [6.07, 6.45) is 3.99. The Balaban J connectivity index is 1.83. The molecule has 3 nitrogen and oxygen atoms in total. The monoisotopic (exact) mass is 273 g/mol. The second-order valence-electron chi connectivity index (χ2n) is 5.51. The SMILES string of the molecule is c1ccc2c(c1)nc(N1CCCCC1)n2C1CSC1. The van der Waals surface area contributed by atoms with Crippen LogP contribution < -0.4 is 4.90 Å². The molecule has 0 bridgehead atoms. The number of hydrogen-bond acceptors (Lipinski definition) is 3. The Morgan fingerprint density at radius 3 is 2.58 bits per heavy atom. The van der Waals surface area contributed by atoms with Crippen LogP contribution in [-0.2, 0) is 0 Å². The number of piperidine rings is 1. The number of aromatic nitrogens is 2. The van der Waals surface area contributed by atoms with E-state index >= 15 is 0 Å². The van der Waals surface area contributed by atoms with Gasteiger partial charge in [-0.1, -0.05) is 12.1 Å². The van der Waals surface area contributed by atoms with Crippen LogP contribution in [0.4, 0.5) is 5.95 Å². The van der Waals surface area contributed by atoms with E-state index < -0.39 is 0 Å². The topological polar surface area (TPSA) is 21.1 Å². The Labute approximate surface area is 118 Å². The summed E-state index contributed by atoms with van der Waals surface area (Å²) in [7, 11) is 0. The highest BCUT2D eigenvalue weighted by atomic mass is 32.2. The fourth-order valence-corrected chi connectivity index (χ4v) is 3.83. The number of nitrogens with zero attached hydrogens (tertiary/aromatic N) is 3. The predicted molar refractivity (Wildman–Crippen MR) is 82.2 cm³/mol. The quantitative estimate of drug-likeness (QED) is 0.837. The number of benzene rings is 1. The van der Waals surface area contributed by atoms with Crippen molar-refractivity contribution < 1.29 is 0 Å². The average Bonchev–Trinajstić information content (AvgIpc) is 2.78. The van der Waals surface area contributed by atoms with Gasteiger partial charge in [-0.2, -0.15) is 11.8 Å². The maximum absolute atomic E-state index is 4.92. The molecule has 4 heteroatoms. The molecule has 19 heavy (non-hydrogen) atoms. The molecule has 2 saturated heterocycles. The molecule has 100 valence electrons. The Morgan fingerprint density at radius 1 is 1.05 bits per heavy atom. The van der Waals surface area contributed by atoms with E-state index in [1.807, 2.05) is 11.8 Å². The highest BCUT2D eigenvalue weighted by molar-refractivity contribution is 8.00. The van der Waals surface area contributed by atoms with Crippen LogP contribution in [0, 0.1) is 0 Å². The lowest BCUT2D eigenvalue weighted by Gasteiger charge is -2.33. The molecule has 0 N–H and O–H groups in total. The largest absolute Gasteiger partial charge is 0.342 e. The highest BCUT2D eigenvalue weighted by Crippen LogP contribution is 2.36. The Kier molecular flexibility index (Phi) is 2.91. The van der Waals surface area contributed by atoms with E-state index in [4.69, 9.17) is 4.98 Å². The molecule has 2 fully saturated rings. The molecule has 0 aliphatic carbocycles. The van der Waals surface area contributed by atoms with Gasteiger partial charge < -0.3 is 9.47 Å². The van der Waals surface area contributed by atoms with Crippen LogP contribution in [0.15, 0.2) is 24.3 Å². The third-order valence-corrected chi connectivity index (χ3v) is 5.44. The van der Waals surface area contributed by atoms with Gasteiger partial charge in [0.05, 0.1) is 17.1 Å². The molecular formula is C15H19N3S. The second kappa shape index (κ2) is 4.75. The summed E-state index contributed by atoms with van der Waals surface area (Å²) in [6, 6.07) is 9.24. The van der Waals surface area contributed by atoms with E-state index in [1.54, 1.807) is 0 Å². The van der Waals surface area contributed by atoms with Crippen molar-refractivity contribution in [1.29, 1.82) is 0 Å². The molecule has 0 radical (unpaired) electrons. The van der Waals surface area contributed by atoms with Gasteiger partial charge in [0.2, 0.25) is 5.95 Å². The van der Waals surface area contributed by atoms with Gasteiger partial charge in [-0.05, 0) is 31.4 Å². The van der Waals surface area contributed by atoms with Gasteiger partial charge >= 0.3 is 0 Å². The van der Waals surface area contributed by atoms with Gasteiger partial charge in [0.25, 0.3) is 0 Å². The standard InChI is InChI=1S/C15H19N3S/c1-4-8-17(9-5-1)15-16-13-6-2-3-7-14(13)18(15)12-10-19-11-12/h2-3,6-7,12H,1,4-5,8-11H2. The van der Waals surface area contributed by atoms with Crippen LogP contribution >= 0.6 is 11.8 Å². The van der Waals surface area contributed by atoms with Crippen molar-refractivity contribution >= 4 is 28.7 Å². The number of rotatable bonds is 2. The third-order valence-electron chi connectivity index (χ3n) is 4.20. The lowest BCUT2D eigenvalue weighted by molar-refractivity contribution is 0.537. The minimum atomic E-state index is 0.648.